The highest BCUT2D eigenvalue weighted by Crippen LogP contribution is 2.20. The predicted molar refractivity (Wildman–Crippen MR) is 113 cm³/mol. The third-order valence-corrected chi connectivity index (χ3v) is 4.93. The van der Waals surface area contributed by atoms with Gasteiger partial charge in [-0.05, 0) is 62.2 Å². The number of carbonyl (C=O) groups is 1. The van der Waals surface area contributed by atoms with E-state index < -0.39 is 11.5 Å². The maximum absolute atomic E-state index is 13.1. The fourth-order valence-corrected chi connectivity index (χ4v) is 3.17. The van der Waals surface area contributed by atoms with Crippen LogP contribution in [0.3, 0.4) is 0 Å². The molecule has 144 valence electrons. The number of carbonyl (C=O) groups excluding carboxylic acids is 1. The highest BCUT2D eigenvalue weighted by molar-refractivity contribution is 5.90. The summed E-state index contributed by atoms with van der Waals surface area (Å²) in [5.41, 5.74) is 4.26. The first-order chi connectivity index (χ1) is 13.9. The first-order valence-corrected chi connectivity index (χ1v) is 9.33. The molecular formula is C24H20N2O3. The van der Waals surface area contributed by atoms with E-state index in [0.717, 1.165) is 21.4 Å². The number of hydrogen-bond acceptors (Lipinski definition) is 4. The highest BCUT2D eigenvalue weighted by atomic mass is 16.7. The predicted octanol–water partition coefficient (Wildman–Crippen LogP) is 4.26. The van der Waals surface area contributed by atoms with Gasteiger partial charge in [0, 0.05) is 5.56 Å². The maximum Gasteiger partial charge on any atom is 0.363 e. The van der Waals surface area contributed by atoms with Gasteiger partial charge in [-0.2, -0.15) is 0 Å². The van der Waals surface area contributed by atoms with Gasteiger partial charge in [-0.1, -0.05) is 42.0 Å². The lowest BCUT2D eigenvalue weighted by Gasteiger charge is -2.14. The van der Waals surface area contributed by atoms with Gasteiger partial charge >= 0.3 is 5.97 Å². The molecule has 29 heavy (non-hydrogen) atoms. The van der Waals surface area contributed by atoms with Crippen molar-refractivity contribution < 1.29 is 9.63 Å². The number of fused-ring (bicyclic) bond motifs is 1. The number of aromatic nitrogens is 2. The second-order valence-corrected chi connectivity index (χ2v) is 7.10. The second kappa shape index (κ2) is 7.36. The molecule has 0 unspecified atom stereocenters. The molecule has 0 amide bonds. The molecular weight excluding hydrogens is 364 g/mol. The van der Waals surface area contributed by atoms with Gasteiger partial charge in [-0.15, -0.1) is 4.73 Å². The molecule has 0 radical (unpaired) electrons. The third-order valence-electron chi connectivity index (χ3n) is 4.93. The van der Waals surface area contributed by atoms with E-state index in [-0.39, 0.29) is 5.82 Å². The van der Waals surface area contributed by atoms with E-state index in [9.17, 15) is 9.59 Å². The Hall–Kier alpha value is -3.73. The fraction of sp³-hybridized carbons (Fsp3) is 0.125. The van der Waals surface area contributed by atoms with Gasteiger partial charge < -0.3 is 4.84 Å². The van der Waals surface area contributed by atoms with Crippen molar-refractivity contribution in [2.24, 2.45) is 0 Å². The zero-order valence-electron chi connectivity index (χ0n) is 16.5. The number of rotatable bonds is 3. The normalized spacial score (nSPS) is 10.9. The standard InChI is InChI=1S/C24H20N2O3/c1-15-7-6-8-18(13-15)22-25-21-10-5-4-9-20(21)23(27)26(22)29-24(28)19-12-11-16(2)17(3)14-19/h4-14H,1-3H3. The Morgan fingerprint density at radius 3 is 2.45 bits per heavy atom. The van der Waals surface area contributed by atoms with E-state index in [1.807, 2.05) is 57.2 Å². The van der Waals surface area contributed by atoms with Crippen LogP contribution in [-0.2, 0) is 0 Å². The summed E-state index contributed by atoms with van der Waals surface area (Å²) in [5, 5.41) is 0.386. The van der Waals surface area contributed by atoms with E-state index in [1.54, 1.807) is 30.3 Å². The van der Waals surface area contributed by atoms with E-state index >= 15 is 0 Å². The fourth-order valence-electron chi connectivity index (χ4n) is 3.17. The van der Waals surface area contributed by atoms with Crippen LogP contribution in [0.2, 0.25) is 0 Å². The summed E-state index contributed by atoms with van der Waals surface area (Å²) >= 11 is 0. The molecule has 0 saturated carbocycles. The topological polar surface area (TPSA) is 61.2 Å². The van der Waals surface area contributed by atoms with Gasteiger partial charge in [-0.3, -0.25) is 4.79 Å². The van der Waals surface area contributed by atoms with Crippen LogP contribution < -0.4 is 10.4 Å². The van der Waals surface area contributed by atoms with Crippen molar-refractivity contribution >= 4 is 16.9 Å². The van der Waals surface area contributed by atoms with E-state index in [4.69, 9.17) is 4.84 Å². The molecule has 5 heteroatoms. The quantitative estimate of drug-likeness (QED) is 0.530. The zero-order valence-corrected chi connectivity index (χ0v) is 16.5. The monoisotopic (exact) mass is 384 g/mol. The summed E-state index contributed by atoms with van der Waals surface area (Å²) < 4.78 is 0.995. The van der Waals surface area contributed by atoms with Crippen molar-refractivity contribution in [1.29, 1.82) is 0 Å². The summed E-state index contributed by atoms with van der Waals surface area (Å²) in [6.45, 7) is 5.85. The van der Waals surface area contributed by atoms with Crippen molar-refractivity contribution in [2.75, 3.05) is 0 Å². The highest BCUT2D eigenvalue weighted by Gasteiger charge is 2.18. The Morgan fingerprint density at radius 2 is 1.69 bits per heavy atom. The molecule has 0 spiro atoms. The Morgan fingerprint density at radius 1 is 0.897 bits per heavy atom. The van der Waals surface area contributed by atoms with Crippen LogP contribution in [0.5, 0.6) is 0 Å². The molecule has 0 fully saturated rings. The molecule has 1 heterocycles. The van der Waals surface area contributed by atoms with Gasteiger partial charge in [0.25, 0.3) is 5.56 Å². The van der Waals surface area contributed by atoms with Crippen molar-refractivity contribution in [3.8, 4) is 11.4 Å². The summed E-state index contributed by atoms with van der Waals surface area (Å²) in [6, 6.07) is 19.9. The molecule has 0 bridgehead atoms. The Kier molecular flexibility index (Phi) is 4.72. The molecule has 0 aliphatic heterocycles. The van der Waals surface area contributed by atoms with Gasteiger partial charge in [0.1, 0.15) is 0 Å². The maximum atomic E-state index is 13.1. The van der Waals surface area contributed by atoms with Crippen molar-refractivity contribution in [1.82, 2.24) is 9.71 Å². The Bertz CT molecular complexity index is 1310. The van der Waals surface area contributed by atoms with Crippen LogP contribution in [0.25, 0.3) is 22.3 Å². The summed E-state index contributed by atoms with van der Waals surface area (Å²) in [6.07, 6.45) is 0. The van der Waals surface area contributed by atoms with Crippen LogP contribution >= 0.6 is 0 Å². The molecule has 0 saturated heterocycles. The van der Waals surface area contributed by atoms with Gasteiger partial charge in [0.05, 0.1) is 16.5 Å². The molecule has 5 nitrogen and oxygen atoms in total. The first-order valence-electron chi connectivity index (χ1n) is 9.33. The average molecular weight is 384 g/mol. The van der Waals surface area contributed by atoms with E-state index in [1.165, 1.54) is 0 Å². The van der Waals surface area contributed by atoms with Crippen molar-refractivity contribution in [3.63, 3.8) is 0 Å². The van der Waals surface area contributed by atoms with Crippen molar-refractivity contribution in [2.45, 2.75) is 20.8 Å². The SMILES string of the molecule is Cc1cccc(-c2nc3ccccc3c(=O)n2OC(=O)c2ccc(C)c(C)c2)c1. The van der Waals surface area contributed by atoms with Crippen LogP contribution in [0.4, 0.5) is 0 Å². The minimum absolute atomic E-state index is 0.287. The molecule has 0 aliphatic carbocycles. The van der Waals surface area contributed by atoms with Crippen LogP contribution in [0.15, 0.2) is 71.5 Å². The molecule has 4 rings (SSSR count). The zero-order chi connectivity index (χ0) is 20.5. The minimum Gasteiger partial charge on any atom is -0.326 e. The molecule has 0 N–H and O–H groups in total. The number of nitrogens with zero attached hydrogens (tertiary/aromatic N) is 2. The molecule has 3 aromatic carbocycles. The minimum atomic E-state index is -0.610. The Labute approximate surface area is 168 Å². The number of aryl methyl sites for hydroxylation is 3. The third kappa shape index (κ3) is 3.55. The average Bonchev–Trinajstić information content (AvgIpc) is 2.72. The number of benzene rings is 3. The lowest BCUT2D eigenvalue weighted by atomic mass is 10.1. The van der Waals surface area contributed by atoms with Crippen molar-refractivity contribution in [3.05, 3.63) is 99.3 Å². The van der Waals surface area contributed by atoms with Crippen LogP contribution in [0, 0.1) is 20.8 Å². The van der Waals surface area contributed by atoms with Gasteiger partial charge in [-0.25, -0.2) is 9.78 Å². The summed E-state index contributed by atoms with van der Waals surface area (Å²) in [4.78, 5) is 36.1. The number of para-hydroxylation sites is 1. The first kappa shape index (κ1) is 18.6. The van der Waals surface area contributed by atoms with E-state index in [0.29, 0.717) is 22.0 Å². The molecule has 1 aromatic heterocycles. The Balaban J connectivity index is 1.88. The van der Waals surface area contributed by atoms with Crippen LogP contribution in [-0.4, -0.2) is 15.7 Å². The van der Waals surface area contributed by atoms with Crippen LogP contribution in [0.1, 0.15) is 27.0 Å². The summed E-state index contributed by atoms with van der Waals surface area (Å²) in [7, 11) is 0. The summed E-state index contributed by atoms with van der Waals surface area (Å²) in [5.74, 6) is -0.323. The largest absolute Gasteiger partial charge is 0.363 e. The molecule has 0 aliphatic rings. The molecule has 4 aromatic rings. The lowest BCUT2D eigenvalue weighted by molar-refractivity contribution is 0.0449. The lowest BCUT2D eigenvalue weighted by Crippen LogP contribution is -2.33. The van der Waals surface area contributed by atoms with E-state index in [2.05, 4.69) is 4.98 Å². The smallest absolute Gasteiger partial charge is 0.326 e. The molecule has 0 atom stereocenters. The van der Waals surface area contributed by atoms with Gasteiger partial charge in [0.15, 0.2) is 5.82 Å². The second-order valence-electron chi connectivity index (χ2n) is 7.10. The van der Waals surface area contributed by atoms with Gasteiger partial charge in [0.2, 0.25) is 0 Å². The number of hydrogen-bond donors (Lipinski definition) is 0.